The first-order chi connectivity index (χ1) is 9.52. The first-order valence-corrected chi connectivity index (χ1v) is 7.00. The molecule has 6 heteroatoms. The third-order valence-corrected chi connectivity index (χ3v) is 3.73. The van der Waals surface area contributed by atoms with E-state index in [1.807, 2.05) is 12.3 Å². The van der Waals surface area contributed by atoms with E-state index in [1.165, 1.54) is 7.11 Å². The highest BCUT2D eigenvalue weighted by Crippen LogP contribution is 2.25. The fourth-order valence-electron chi connectivity index (χ4n) is 1.93. The van der Waals surface area contributed by atoms with Crippen LogP contribution >= 0.6 is 11.3 Å². The Morgan fingerprint density at radius 2 is 2.25 bits per heavy atom. The van der Waals surface area contributed by atoms with Crippen molar-refractivity contribution in [3.8, 4) is 5.75 Å². The minimum absolute atomic E-state index is 0.175. The number of nitrogen functional groups attached to an aromatic ring is 1. The van der Waals surface area contributed by atoms with Crippen LogP contribution in [-0.2, 0) is 6.54 Å². The average molecular weight is 291 g/mol. The maximum atomic E-state index is 12.5. The Labute approximate surface area is 122 Å². The molecule has 0 saturated heterocycles. The number of aromatic nitrogens is 1. The summed E-state index contributed by atoms with van der Waals surface area (Å²) in [4.78, 5) is 18.4. The number of thiazole rings is 1. The zero-order valence-corrected chi connectivity index (χ0v) is 12.5. The normalized spacial score (nSPS) is 10.3. The molecule has 2 N–H and O–H groups in total. The summed E-state index contributed by atoms with van der Waals surface area (Å²) in [7, 11) is 3.25. The molecule has 1 heterocycles. The first-order valence-electron chi connectivity index (χ1n) is 6.12. The maximum absolute atomic E-state index is 12.5. The second-order valence-corrected chi connectivity index (χ2v) is 5.51. The SMILES string of the molecule is COc1cccc(N)c1C(=O)N(C)Cc1csc(C)n1. The molecule has 5 nitrogen and oxygen atoms in total. The van der Waals surface area contributed by atoms with Crippen molar-refractivity contribution in [2.75, 3.05) is 19.9 Å². The van der Waals surface area contributed by atoms with Gasteiger partial charge in [-0.15, -0.1) is 11.3 Å². The summed E-state index contributed by atoms with van der Waals surface area (Å²) in [6.07, 6.45) is 0. The van der Waals surface area contributed by atoms with Crippen molar-refractivity contribution in [1.29, 1.82) is 0 Å². The quantitative estimate of drug-likeness (QED) is 0.878. The van der Waals surface area contributed by atoms with Gasteiger partial charge in [-0.1, -0.05) is 6.07 Å². The highest BCUT2D eigenvalue weighted by atomic mass is 32.1. The van der Waals surface area contributed by atoms with Gasteiger partial charge in [-0.25, -0.2) is 4.98 Å². The lowest BCUT2D eigenvalue weighted by atomic mass is 10.1. The van der Waals surface area contributed by atoms with E-state index < -0.39 is 0 Å². The Hall–Kier alpha value is -2.08. The second kappa shape index (κ2) is 5.92. The molecule has 0 bridgehead atoms. The predicted molar refractivity (Wildman–Crippen MR) is 80.1 cm³/mol. The molecule has 0 aliphatic rings. The molecule has 0 saturated carbocycles. The molecule has 0 unspecified atom stereocenters. The van der Waals surface area contributed by atoms with E-state index in [0.29, 0.717) is 23.5 Å². The minimum Gasteiger partial charge on any atom is -0.496 e. The number of nitrogens with two attached hydrogens (primary N) is 1. The zero-order chi connectivity index (χ0) is 14.7. The van der Waals surface area contributed by atoms with Crippen molar-refractivity contribution in [2.24, 2.45) is 0 Å². The van der Waals surface area contributed by atoms with Crippen LogP contribution in [-0.4, -0.2) is 29.9 Å². The Bertz CT molecular complexity index is 625. The van der Waals surface area contributed by atoms with Gasteiger partial charge in [-0.2, -0.15) is 0 Å². The number of carbonyl (C=O) groups is 1. The van der Waals surface area contributed by atoms with E-state index in [4.69, 9.17) is 10.5 Å². The van der Waals surface area contributed by atoms with Crippen LogP contribution in [0, 0.1) is 6.92 Å². The van der Waals surface area contributed by atoms with Gasteiger partial charge >= 0.3 is 0 Å². The number of ether oxygens (including phenoxy) is 1. The van der Waals surface area contributed by atoms with E-state index in [-0.39, 0.29) is 5.91 Å². The molecule has 1 aromatic carbocycles. The summed E-state index contributed by atoms with van der Waals surface area (Å²) in [6, 6.07) is 5.18. The Balaban J connectivity index is 2.22. The van der Waals surface area contributed by atoms with Crippen molar-refractivity contribution in [3.63, 3.8) is 0 Å². The van der Waals surface area contributed by atoms with Gasteiger partial charge in [0.1, 0.15) is 11.3 Å². The molecule has 2 rings (SSSR count). The average Bonchev–Trinajstić information content (AvgIpc) is 2.82. The van der Waals surface area contributed by atoms with Gasteiger partial charge in [0.15, 0.2) is 0 Å². The number of methoxy groups -OCH3 is 1. The molecule has 1 amide bonds. The Morgan fingerprint density at radius 3 is 2.85 bits per heavy atom. The fourth-order valence-corrected chi connectivity index (χ4v) is 2.54. The number of amides is 1. The molecule has 0 spiro atoms. The van der Waals surface area contributed by atoms with Crippen molar-refractivity contribution in [2.45, 2.75) is 13.5 Å². The number of hydrogen-bond acceptors (Lipinski definition) is 5. The summed E-state index contributed by atoms with van der Waals surface area (Å²) >= 11 is 1.57. The van der Waals surface area contributed by atoms with E-state index in [9.17, 15) is 4.79 Å². The number of carbonyl (C=O) groups excluding carboxylic acids is 1. The number of benzene rings is 1. The van der Waals surface area contributed by atoms with Gasteiger partial charge in [0.05, 0.1) is 24.4 Å². The number of hydrogen-bond donors (Lipinski definition) is 1. The minimum atomic E-state index is -0.175. The lowest BCUT2D eigenvalue weighted by Crippen LogP contribution is -2.27. The molecule has 0 radical (unpaired) electrons. The molecule has 1 aromatic heterocycles. The Morgan fingerprint density at radius 1 is 1.50 bits per heavy atom. The van der Waals surface area contributed by atoms with E-state index >= 15 is 0 Å². The fraction of sp³-hybridized carbons (Fsp3) is 0.286. The van der Waals surface area contributed by atoms with Crippen LogP contribution in [0.15, 0.2) is 23.6 Å². The van der Waals surface area contributed by atoms with Crippen LogP contribution in [0.3, 0.4) is 0 Å². The zero-order valence-electron chi connectivity index (χ0n) is 11.7. The highest BCUT2D eigenvalue weighted by Gasteiger charge is 2.20. The van der Waals surface area contributed by atoms with Gasteiger partial charge < -0.3 is 15.4 Å². The molecule has 20 heavy (non-hydrogen) atoms. The summed E-state index contributed by atoms with van der Waals surface area (Å²) < 4.78 is 5.21. The highest BCUT2D eigenvalue weighted by molar-refractivity contribution is 7.09. The van der Waals surface area contributed by atoms with E-state index in [2.05, 4.69) is 4.98 Å². The lowest BCUT2D eigenvalue weighted by molar-refractivity contribution is 0.0781. The van der Waals surface area contributed by atoms with Gasteiger partial charge in [0.2, 0.25) is 0 Å². The van der Waals surface area contributed by atoms with Crippen LogP contribution in [0.5, 0.6) is 5.75 Å². The van der Waals surface area contributed by atoms with Gasteiger partial charge in [-0.05, 0) is 19.1 Å². The van der Waals surface area contributed by atoms with E-state index in [1.54, 1.807) is 41.5 Å². The second-order valence-electron chi connectivity index (χ2n) is 4.44. The molecule has 2 aromatic rings. The van der Waals surface area contributed by atoms with Gasteiger partial charge in [-0.3, -0.25) is 4.79 Å². The van der Waals surface area contributed by atoms with E-state index in [0.717, 1.165) is 10.7 Å². The summed E-state index contributed by atoms with van der Waals surface area (Å²) in [5.41, 5.74) is 7.57. The predicted octanol–water partition coefficient (Wildman–Crippen LogP) is 2.31. The lowest BCUT2D eigenvalue weighted by Gasteiger charge is -2.18. The molecule has 0 aliphatic carbocycles. The van der Waals surface area contributed by atoms with Crippen LogP contribution in [0.1, 0.15) is 21.1 Å². The summed E-state index contributed by atoms with van der Waals surface area (Å²) in [5, 5.41) is 2.93. The van der Waals surface area contributed by atoms with Crippen molar-refractivity contribution >= 4 is 22.9 Å². The molecule has 0 fully saturated rings. The Kier molecular flexibility index (Phi) is 4.24. The topological polar surface area (TPSA) is 68.5 Å². The molecular formula is C14H17N3O2S. The summed E-state index contributed by atoms with van der Waals surface area (Å²) in [6.45, 7) is 2.38. The van der Waals surface area contributed by atoms with Crippen LogP contribution in [0.4, 0.5) is 5.69 Å². The number of nitrogens with zero attached hydrogens (tertiary/aromatic N) is 2. The third-order valence-electron chi connectivity index (χ3n) is 2.90. The first kappa shape index (κ1) is 14.3. The van der Waals surface area contributed by atoms with Crippen LogP contribution in [0.25, 0.3) is 0 Å². The molecule has 0 atom stereocenters. The standard InChI is InChI=1S/C14H17N3O2S/c1-9-16-10(8-20-9)7-17(2)14(18)13-11(15)5-4-6-12(13)19-3/h4-6,8H,7,15H2,1-3H3. The number of aryl methyl sites for hydroxylation is 1. The van der Waals surface area contributed by atoms with Gasteiger partial charge in [0, 0.05) is 18.1 Å². The van der Waals surface area contributed by atoms with Crippen LogP contribution < -0.4 is 10.5 Å². The smallest absolute Gasteiger partial charge is 0.259 e. The van der Waals surface area contributed by atoms with Crippen molar-refractivity contribution < 1.29 is 9.53 Å². The van der Waals surface area contributed by atoms with Crippen molar-refractivity contribution in [3.05, 3.63) is 39.8 Å². The van der Waals surface area contributed by atoms with Crippen LogP contribution in [0.2, 0.25) is 0 Å². The molecular weight excluding hydrogens is 274 g/mol. The molecule has 106 valence electrons. The maximum Gasteiger partial charge on any atom is 0.259 e. The third kappa shape index (κ3) is 2.91. The van der Waals surface area contributed by atoms with Gasteiger partial charge in [0.25, 0.3) is 5.91 Å². The number of anilines is 1. The number of rotatable bonds is 4. The monoisotopic (exact) mass is 291 g/mol. The summed E-state index contributed by atoms with van der Waals surface area (Å²) in [5.74, 6) is 0.307. The largest absolute Gasteiger partial charge is 0.496 e. The molecule has 0 aliphatic heterocycles. The van der Waals surface area contributed by atoms with Crippen molar-refractivity contribution in [1.82, 2.24) is 9.88 Å².